The van der Waals surface area contributed by atoms with Crippen LogP contribution in [0.5, 0.6) is 0 Å². The van der Waals surface area contributed by atoms with Gasteiger partial charge in [0, 0.05) is 32.8 Å². The van der Waals surface area contributed by atoms with Crippen LogP contribution in [-0.2, 0) is 0 Å². The van der Waals surface area contributed by atoms with Crippen molar-refractivity contribution in [3.05, 3.63) is 72.4 Å². The summed E-state index contributed by atoms with van der Waals surface area (Å²) in [5.41, 5.74) is 5.57. The largest absolute Gasteiger partial charge is 0.256 e. The van der Waals surface area contributed by atoms with E-state index in [1.807, 2.05) is 24.4 Å². The second-order valence-corrected chi connectivity index (χ2v) is 7.74. The average molecular weight is 344 g/mol. The predicted octanol–water partition coefficient (Wildman–Crippen LogP) is 6.38. The molecule has 0 aliphatic carbocycles. The minimum absolute atomic E-state index is 0.567. The van der Waals surface area contributed by atoms with Crippen LogP contribution in [-0.4, -0.2) is 10.7 Å². The maximum atomic E-state index is 5.07. The van der Waals surface area contributed by atoms with E-state index in [1.54, 1.807) is 11.8 Å². The van der Waals surface area contributed by atoms with E-state index in [9.17, 15) is 0 Å². The molecule has 3 aromatic rings. The van der Waals surface area contributed by atoms with Crippen LogP contribution in [0.2, 0.25) is 0 Å². The van der Waals surface area contributed by atoms with Gasteiger partial charge in [-0.15, -0.1) is 0 Å². The molecule has 4 rings (SSSR count). The van der Waals surface area contributed by atoms with Crippen molar-refractivity contribution in [3.8, 4) is 11.3 Å². The third kappa shape index (κ3) is 3.38. The Labute approximate surface area is 153 Å². The zero-order valence-corrected chi connectivity index (χ0v) is 15.3. The number of nitrogens with zero attached hydrogens (tertiary/aromatic N) is 2. The Kier molecular flexibility index (Phi) is 4.41. The third-order valence-corrected chi connectivity index (χ3v) is 5.34. The molecule has 2 heterocycles. The van der Waals surface area contributed by atoms with Crippen molar-refractivity contribution in [1.29, 1.82) is 0 Å². The van der Waals surface area contributed by atoms with Crippen LogP contribution < -0.4 is 0 Å². The summed E-state index contributed by atoms with van der Waals surface area (Å²) in [5, 5.41) is 0. The Morgan fingerprint density at radius 2 is 1.76 bits per heavy atom. The van der Waals surface area contributed by atoms with E-state index in [0.29, 0.717) is 5.92 Å². The summed E-state index contributed by atoms with van der Waals surface area (Å²) in [5.74, 6) is 0.567. The lowest BCUT2D eigenvalue weighted by molar-refractivity contribution is 0.684. The summed E-state index contributed by atoms with van der Waals surface area (Å²) in [6.45, 7) is 4.49. The summed E-state index contributed by atoms with van der Waals surface area (Å²) in [7, 11) is 0. The van der Waals surface area contributed by atoms with Crippen LogP contribution in [0.15, 0.2) is 81.6 Å². The SMILES string of the molecule is CC(C)CC1=Nc2cc(-c3ccccn3)ccc2Sc2ccccc21. The first-order valence-electron chi connectivity index (χ1n) is 8.61. The van der Waals surface area contributed by atoms with E-state index in [-0.39, 0.29) is 0 Å². The minimum Gasteiger partial charge on any atom is -0.256 e. The molecule has 0 atom stereocenters. The third-order valence-electron chi connectivity index (χ3n) is 4.19. The van der Waals surface area contributed by atoms with Gasteiger partial charge in [-0.2, -0.15) is 0 Å². The monoisotopic (exact) mass is 344 g/mol. The summed E-state index contributed by atoms with van der Waals surface area (Å²) >= 11 is 1.80. The van der Waals surface area contributed by atoms with Crippen molar-refractivity contribution in [2.75, 3.05) is 0 Å². The standard InChI is InChI=1S/C22H20N2S/c1-15(2)13-19-17-7-3-4-9-21(17)25-22-11-10-16(14-20(22)24-19)18-8-5-6-12-23-18/h3-12,14-15H,13H2,1-2H3. The quantitative estimate of drug-likeness (QED) is 0.551. The molecule has 0 spiro atoms. The highest BCUT2D eigenvalue weighted by Crippen LogP contribution is 2.42. The van der Waals surface area contributed by atoms with Crippen molar-refractivity contribution >= 4 is 23.2 Å². The summed E-state index contributed by atoms with van der Waals surface area (Å²) < 4.78 is 0. The molecule has 1 aliphatic heterocycles. The van der Waals surface area contributed by atoms with Gasteiger partial charge >= 0.3 is 0 Å². The molecular weight excluding hydrogens is 324 g/mol. The van der Waals surface area contributed by atoms with Crippen LogP contribution in [0, 0.1) is 5.92 Å². The topological polar surface area (TPSA) is 25.2 Å². The molecule has 0 saturated heterocycles. The first-order chi connectivity index (χ1) is 12.2. The number of aromatic nitrogens is 1. The van der Waals surface area contributed by atoms with Crippen LogP contribution in [0.1, 0.15) is 25.8 Å². The number of hydrogen-bond donors (Lipinski definition) is 0. The van der Waals surface area contributed by atoms with Gasteiger partial charge in [0.15, 0.2) is 0 Å². The Balaban J connectivity index is 1.85. The number of fused-ring (bicyclic) bond motifs is 2. The fraction of sp³-hybridized carbons (Fsp3) is 0.182. The fourth-order valence-electron chi connectivity index (χ4n) is 3.04. The van der Waals surface area contributed by atoms with Crippen molar-refractivity contribution < 1.29 is 0 Å². The van der Waals surface area contributed by atoms with E-state index >= 15 is 0 Å². The molecule has 0 N–H and O–H groups in total. The molecule has 2 aromatic carbocycles. The Morgan fingerprint density at radius 1 is 0.920 bits per heavy atom. The van der Waals surface area contributed by atoms with Gasteiger partial charge < -0.3 is 0 Å². The van der Waals surface area contributed by atoms with Gasteiger partial charge in [-0.3, -0.25) is 9.98 Å². The number of hydrogen-bond acceptors (Lipinski definition) is 3. The lowest BCUT2D eigenvalue weighted by Gasteiger charge is -2.10. The van der Waals surface area contributed by atoms with Crippen molar-refractivity contribution in [1.82, 2.24) is 4.98 Å². The lowest BCUT2D eigenvalue weighted by atomic mass is 10.00. The van der Waals surface area contributed by atoms with Gasteiger partial charge in [-0.05, 0) is 42.7 Å². The predicted molar refractivity (Wildman–Crippen MR) is 106 cm³/mol. The van der Waals surface area contributed by atoms with Gasteiger partial charge in [0.1, 0.15) is 0 Å². The molecule has 0 unspecified atom stereocenters. The van der Waals surface area contributed by atoms with E-state index in [4.69, 9.17) is 4.99 Å². The molecule has 1 aliphatic rings. The van der Waals surface area contributed by atoms with E-state index in [1.165, 1.54) is 21.1 Å². The number of benzene rings is 2. The molecule has 2 nitrogen and oxygen atoms in total. The summed E-state index contributed by atoms with van der Waals surface area (Å²) in [6, 6.07) is 21.1. The average Bonchev–Trinajstić information content (AvgIpc) is 2.78. The van der Waals surface area contributed by atoms with Crippen molar-refractivity contribution in [2.24, 2.45) is 10.9 Å². The fourth-order valence-corrected chi connectivity index (χ4v) is 4.07. The maximum absolute atomic E-state index is 5.07. The van der Waals surface area contributed by atoms with Crippen LogP contribution >= 0.6 is 11.8 Å². The molecule has 124 valence electrons. The Hall–Kier alpha value is -2.39. The van der Waals surface area contributed by atoms with Crippen molar-refractivity contribution in [3.63, 3.8) is 0 Å². The Bertz CT molecular complexity index is 930. The molecule has 0 saturated carbocycles. The second kappa shape index (κ2) is 6.85. The maximum Gasteiger partial charge on any atom is 0.0779 e. The number of aliphatic imine (C=N–C) groups is 1. The zero-order valence-electron chi connectivity index (χ0n) is 14.4. The zero-order chi connectivity index (χ0) is 17.2. The molecule has 1 aromatic heterocycles. The van der Waals surface area contributed by atoms with E-state index in [0.717, 1.165) is 23.4 Å². The second-order valence-electron chi connectivity index (χ2n) is 6.65. The highest BCUT2D eigenvalue weighted by atomic mass is 32.2. The molecule has 0 fully saturated rings. The normalized spacial score (nSPS) is 13.0. The molecule has 0 amide bonds. The molecular formula is C22H20N2S. The van der Waals surface area contributed by atoms with Gasteiger partial charge in [0.05, 0.1) is 11.4 Å². The molecule has 25 heavy (non-hydrogen) atoms. The van der Waals surface area contributed by atoms with Crippen LogP contribution in [0.25, 0.3) is 11.3 Å². The van der Waals surface area contributed by atoms with Crippen LogP contribution in [0.4, 0.5) is 5.69 Å². The van der Waals surface area contributed by atoms with Gasteiger partial charge in [-0.1, -0.05) is 55.9 Å². The minimum atomic E-state index is 0.567. The van der Waals surface area contributed by atoms with Gasteiger partial charge in [-0.25, -0.2) is 0 Å². The highest BCUT2D eigenvalue weighted by molar-refractivity contribution is 7.99. The first kappa shape index (κ1) is 16.1. The van der Waals surface area contributed by atoms with Gasteiger partial charge in [0.2, 0.25) is 0 Å². The van der Waals surface area contributed by atoms with E-state index in [2.05, 4.69) is 61.3 Å². The molecule has 3 heteroatoms. The molecule has 0 radical (unpaired) electrons. The Morgan fingerprint density at radius 3 is 2.56 bits per heavy atom. The van der Waals surface area contributed by atoms with Gasteiger partial charge in [0.25, 0.3) is 0 Å². The number of pyridine rings is 1. The smallest absolute Gasteiger partial charge is 0.0779 e. The highest BCUT2D eigenvalue weighted by Gasteiger charge is 2.18. The van der Waals surface area contributed by atoms with E-state index < -0.39 is 0 Å². The lowest BCUT2D eigenvalue weighted by Crippen LogP contribution is -2.05. The first-order valence-corrected chi connectivity index (χ1v) is 9.42. The molecule has 0 bridgehead atoms. The van der Waals surface area contributed by atoms with Crippen LogP contribution in [0.3, 0.4) is 0 Å². The summed E-state index contributed by atoms with van der Waals surface area (Å²) in [4.78, 5) is 12.0. The number of rotatable bonds is 3. The van der Waals surface area contributed by atoms with Crippen molar-refractivity contribution in [2.45, 2.75) is 30.1 Å². The summed E-state index contributed by atoms with van der Waals surface area (Å²) in [6.07, 6.45) is 2.81.